The smallest absolute Gasteiger partial charge is 0.258 e. The minimum Gasteiger partial charge on any atom is -0.483 e. The Morgan fingerprint density at radius 3 is 2.90 bits per heavy atom. The van der Waals surface area contributed by atoms with Crippen molar-refractivity contribution in [2.75, 3.05) is 6.61 Å². The van der Waals surface area contributed by atoms with Gasteiger partial charge in [-0.25, -0.2) is 0 Å². The van der Waals surface area contributed by atoms with Crippen molar-refractivity contribution in [3.8, 4) is 5.75 Å². The van der Waals surface area contributed by atoms with Crippen molar-refractivity contribution >= 4 is 33.4 Å². The molecule has 1 amide bonds. The van der Waals surface area contributed by atoms with E-state index in [1.807, 2.05) is 0 Å². The van der Waals surface area contributed by atoms with Crippen molar-refractivity contribution in [1.29, 1.82) is 0 Å². The fourth-order valence-electron chi connectivity index (χ4n) is 2.56. The lowest BCUT2D eigenvalue weighted by molar-refractivity contribution is -0.123. The molecule has 1 N–H and O–H groups in total. The molecule has 1 aliphatic carbocycles. The maximum Gasteiger partial charge on any atom is 0.258 e. The van der Waals surface area contributed by atoms with Crippen LogP contribution < -0.4 is 10.1 Å². The summed E-state index contributed by atoms with van der Waals surface area (Å²) >= 11 is 9.21. The molecule has 0 bridgehead atoms. The van der Waals surface area contributed by atoms with Gasteiger partial charge >= 0.3 is 0 Å². The standard InChI is InChI=1S/C15H19BrClNO2/c1-15(2)6-5-11(8-15)18-14(19)9-20-13-4-3-10(17)7-12(13)16/h3-4,7,11H,5-6,8-9H2,1-2H3,(H,18,19). The Labute approximate surface area is 133 Å². The minimum atomic E-state index is -0.0745. The Hall–Kier alpha value is -0.740. The van der Waals surface area contributed by atoms with Crippen molar-refractivity contribution in [2.24, 2.45) is 5.41 Å². The maximum absolute atomic E-state index is 11.9. The molecule has 1 fully saturated rings. The van der Waals surface area contributed by atoms with E-state index in [4.69, 9.17) is 16.3 Å². The average Bonchev–Trinajstić information content (AvgIpc) is 2.67. The molecule has 0 heterocycles. The van der Waals surface area contributed by atoms with Crippen LogP contribution >= 0.6 is 27.5 Å². The van der Waals surface area contributed by atoms with Gasteiger partial charge in [0.15, 0.2) is 6.61 Å². The van der Waals surface area contributed by atoms with Crippen LogP contribution in [0.3, 0.4) is 0 Å². The largest absolute Gasteiger partial charge is 0.483 e. The molecular formula is C15H19BrClNO2. The third-order valence-corrected chi connectivity index (χ3v) is 4.44. The molecule has 0 aromatic heterocycles. The van der Waals surface area contributed by atoms with Gasteiger partial charge in [-0.1, -0.05) is 25.4 Å². The Morgan fingerprint density at radius 1 is 1.55 bits per heavy atom. The molecule has 1 aromatic rings. The van der Waals surface area contributed by atoms with Gasteiger partial charge in [0.25, 0.3) is 5.91 Å². The van der Waals surface area contributed by atoms with Gasteiger partial charge in [0.1, 0.15) is 5.75 Å². The number of carbonyl (C=O) groups excluding carboxylic acids is 1. The predicted octanol–water partition coefficient (Wildman–Crippen LogP) is 4.18. The number of hydrogen-bond donors (Lipinski definition) is 1. The zero-order chi connectivity index (χ0) is 14.8. The number of carbonyl (C=O) groups is 1. The highest BCUT2D eigenvalue weighted by atomic mass is 79.9. The number of nitrogens with one attached hydrogen (secondary N) is 1. The number of rotatable bonds is 4. The molecule has 20 heavy (non-hydrogen) atoms. The van der Waals surface area contributed by atoms with E-state index in [-0.39, 0.29) is 18.6 Å². The third-order valence-electron chi connectivity index (χ3n) is 3.59. The molecule has 0 saturated heterocycles. The monoisotopic (exact) mass is 359 g/mol. The summed E-state index contributed by atoms with van der Waals surface area (Å²) in [7, 11) is 0. The van der Waals surface area contributed by atoms with Crippen LogP contribution in [0.4, 0.5) is 0 Å². The second-order valence-corrected chi connectivity index (χ2v) is 7.33. The zero-order valence-corrected chi connectivity index (χ0v) is 14.1. The lowest BCUT2D eigenvalue weighted by atomic mass is 9.92. The fraction of sp³-hybridized carbons (Fsp3) is 0.533. The summed E-state index contributed by atoms with van der Waals surface area (Å²) in [5.41, 5.74) is 0.331. The SMILES string of the molecule is CC1(C)CCC(NC(=O)COc2ccc(Cl)cc2Br)C1. The van der Waals surface area contributed by atoms with Crippen LogP contribution in [0.15, 0.2) is 22.7 Å². The van der Waals surface area contributed by atoms with E-state index in [9.17, 15) is 4.79 Å². The fourth-order valence-corrected chi connectivity index (χ4v) is 3.36. The molecule has 0 spiro atoms. The van der Waals surface area contributed by atoms with Crippen molar-refractivity contribution in [3.05, 3.63) is 27.7 Å². The second kappa shape index (κ2) is 6.35. The number of benzene rings is 1. The Balaban J connectivity index is 1.81. The zero-order valence-electron chi connectivity index (χ0n) is 11.7. The van der Waals surface area contributed by atoms with E-state index in [0.717, 1.165) is 23.7 Å². The Kier molecular flexibility index (Phi) is 4.97. The quantitative estimate of drug-likeness (QED) is 0.875. The first-order valence-electron chi connectivity index (χ1n) is 6.73. The highest BCUT2D eigenvalue weighted by Gasteiger charge is 2.31. The van der Waals surface area contributed by atoms with Crippen LogP contribution in [0.1, 0.15) is 33.1 Å². The third kappa shape index (κ3) is 4.38. The topological polar surface area (TPSA) is 38.3 Å². The van der Waals surface area contributed by atoms with Crippen molar-refractivity contribution in [1.82, 2.24) is 5.32 Å². The first-order valence-corrected chi connectivity index (χ1v) is 7.90. The van der Waals surface area contributed by atoms with Gasteiger partial charge in [-0.3, -0.25) is 4.79 Å². The molecule has 0 aliphatic heterocycles. The lowest BCUT2D eigenvalue weighted by Gasteiger charge is -2.18. The van der Waals surface area contributed by atoms with Crippen LogP contribution in [0.5, 0.6) is 5.75 Å². The van der Waals surface area contributed by atoms with Gasteiger partial charge in [-0.2, -0.15) is 0 Å². The molecule has 2 rings (SSSR count). The van der Waals surface area contributed by atoms with Gasteiger partial charge < -0.3 is 10.1 Å². The molecule has 110 valence electrons. The van der Waals surface area contributed by atoms with E-state index in [1.54, 1.807) is 18.2 Å². The second-order valence-electron chi connectivity index (χ2n) is 6.03. The molecule has 1 aromatic carbocycles. The summed E-state index contributed by atoms with van der Waals surface area (Å²) in [5.74, 6) is 0.547. The van der Waals surface area contributed by atoms with E-state index >= 15 is 0 Å². The minimum absolute atomic E-state index is 0.0250. The molecule has 1 atom stereocenters. The Morgan fingerprint density at radius 2 is 2.30 bits per heavy atom. The normalized spacial score (nSPS) is 20.7. The summed E-state index contributed by atoms with van der Waals surface area (Å²) in [6.45, 7) is 4.50. The van der Waals surface area contributed by atoms with Gasteiger partial charge in [0, 0.05) is 11.1 Å². The van der Waals surface area contributed by atoms with Crippen molar-refractivity contribution in [3.63, 3.8) is 0 Å². The first-order chi connectivity index (χ1) is 9.35. The van der Waals surface area contributed by atoms with Crippen LogP contribution in [0, 0.1) is 5.41 Å². The van der Waals surface area contributed by atoms with E-state index in [0.29, 0.717) is 16.2 Å². The number of hydrogen-bond acceptors (Lipinski definition) is 2. The van der Waals surface area contributed by atoms with Crippen LogP contribution in [0.25, 0.3) is 0 Å². The van der Waals surface area contributed by atoms with Gasteiger partial charge in [-0.15, -0.1) is 0 Å². The first kappa shape index (κ1) is 15.6. The highest BCUT2D eigenvalue weighted by Crippen LogP contribution is 2.36. The summed E-state index contributed by atoms with van der Waals surface area (Å²) < 4.78 is 6.25. The molecule has 1 unspecified atom stereocenters. The van der Waals surface area contributed by atoms with Crippen molar-refractivity contribution in [2.45, 2.75) is 39.2 Å². The van der Waals surface area contributed by atoms with Gasteiger partial charge in [0.2, 0.25) is 0 Å². The molecular weight excluding hydrogens is 342 g/mol. The number of halogens is 2. The van der Waals surface area contributed by atoms with Crippen molar-refractivity contribution < 1.29 is 9.53 Å². The summed E-state index contributed by atoms with van der Waals surface area (Å²) in [5, 5.41) is 3.66. The number of amides is 1. The molecule has 1 aliphatic rings. The van der Waals surface area contributed by atoms with Gasteiger partial charge in [0.05, 0.1) is 4.47 Å². The van der Waals surface area contributed by atoms with Crippen LogP contribution in [-0.4, -0.2) is 18.6 Å². The van der Waals surface area contributed by atoms with Gasteiger partial charge in [-0.05, 0) is 58.8 Å². The Bertz CT molecular complexity index is 505. The van der Waals surface area contributed by atoms with Crippen LogP contribution in [0.2, 0.25) is 5.02 Å². The highest BCUT2D eigenvalue weighted by molar-refractivity contribution is 9.10. The molecule has 3 nitrogen and oxygen atoms in total. The molecule has 1 saturated carbocycles. The van der Waals surface area contributed by atoms with Crippen LogP contribution in [-0.2, 0) is 4.79 Å². The number of ether oxygens (including phenoxy) is 1. The summed E-state index contributed by atoms with van der Waals surface area (Å²) in [6, 6.07) is 5.50. The van der Waals surface area contributed by atoms with E-state index in [1.165, 1.54) is 0 Å². The lowest BCUT2D eigenvalue weighted by Crippen LogP contribution is -2.36. The molecule has 5 heteroatoms. The average molecular weight is 361 g/mol. The van der Waals surface area contributed by atoms with E-state index in [2.05, 4.69) is 35.1 Å². The molecule has 0 radical (unpaired) electrons. The summed E-state index contributed by atoms with van der Waals surface area (Å²) in [6.07, 6.45) is 3.23. The maximum atomic E-state index is 11.9. The summed E-state index contributed by atoms with van der Waals surface area (Å²) in [4.78, 5) is 11.9. The van der Waals surface area contributed by atoms with E-state index < -0.39 is 0 Å². The predicted molar refractivity (Wildman–Crippen MR) is 84.2 cm³/mol.